The van der Waals surface area contributed by atoms with Gasteiger partial charge in [0.1, 0.15) is 6.04 Å². The van der Waals surface area contributed by atoms with E-state index in [2.05, 4.69) is 33.5 Å². The van der Waals surface area contributed by atoms with E-state index in [4.69, 9.17) is 0 Å². The second kappa shape index (κ2) is 8.14. The number of likely N-dealkylation sites (tertiary alicyclic amines) is 1. The third-order valence-corrected chi connectivity index (χ3v) is 9.59. The van der Waals surface area contributed by atoms with E-state index in [-0.39, 0.29) is 40.4 Å². The summed E-state index contributed by atoms with van der Waals surface area (Å²) in [5.74, 6) is -1.53. The van der Waals surface area contributed by atoms with Crippen LogP contribution in [-0.4, -0.2) is 74.3 Å². The van der Waals surface area contributed by atoms with E-state index in [9.17, 15) is 19.5 Å². The SMILES string of the molecule is CCCC(C)NC(=O)C1N([C@H](C)CO)C(=O)[C@@H]2[C@H](C(=O)NC)[C@H]3SC12CC3Br. The maximum absolute atomic E-state index is 13.5. The van der Waals surface area contributed by atoms with Gasteiger partial charge in [0.05, 0.1) is 29.2 Å². The maximum Gasteiger partial charge on any atom is 0.244 e. The summed E-state index contributed by atoms with van der Waals surface area (Å²) in [6.07, 6.45) is 2.46. The molecule has 3 rings (SSSR count). The zero-order chi connectivity index (χ0) is 20.8. The Morgan fingerprint density at radius 1 is 1.39 bits per heavy atom. The van der Waals surface area contributed by atoms with Crippen LogP contribution in [0.5, 0.6) is 0 Å². The molecule has 158 valence electrons. The highest BCUT2D eigenvalue weighted by atomic mass is 79.9. The Morgan fingerprint density at radius 2 is 2.07 bits per heavy atom. The molecule has 3 N–H and O–H groups in total. The molecule has 1 spiro atoms. The average molecular weight is 476 g/mol. The lowest BCUT2D eigenvalue weighted by Gasteiger charge is -2.37. The standard InChI is InChI=1S/C19H30BrN3O4S/c1-5-6-9(2)22-17(26)15-19-7-11(20)14(28-19)12(16(25)21-4)13(19)18(27)23(15)10(3)8-24/h9-15,24H,5-8H2,1-4H3,(H,21,25)(H,22,26)/t9?,10-,11?,12+,13+,14+,15?,19?/m1/s1. The summed E-state index contributed by atoms with van der Waals surface area (Å²) in [4.78, 5) is 41.1. The number of hydrogen-bond donors (Lipinski definition) is 3. The lowest BCUT2D eigenvalue weighted by molar-refractivity contribution is -0.142. The van der Waals surface area contributed by atoms with Crippen LogP contribution in [0, 0.1) is 11.8 Å². The minimum absolute atomic E-state index is 0.00689. The van der Waals surface area contributed by atoms with Crippen LogP contribution in [-0.2, 0) is 14.4 Å². The van der Waals surface area contributed by atoms with E-state index in [1.165, 1.54) is 0 Å². The van der Waals surface area contributed by atoms with Crippen LogP contribution in [0.4, 0.5) is 0 Å². The molecule has 0 aromatic carbocycles. The number of alkyl halides is 1. The molecule has 7 nitrogen and oxygen atoms in total. The molecule has 3 aliphatic rings. The van der Waals surface area contributed by atoms with Crippen LogP contribution >= 0.6 is 27.7 Å². The molecule has 3 fully saturated rings. The first-order chi connectivity index (χ1) is 13.2. The third kappa shape index (κ3) is 3.17. The number of halogens is 1. The second-order valence-corrected chi connectivity index (χ2v) is 11.0. The lowest BCUT2D eigenvalue weighted by atomic mass is 9.70. The summed E-state index contributed by atoms with van der Waals surface area (Å²) in [6.45, 7) is 5.56. The largest absolute Gasteiger partial charge is 0.394 e. The van der Waals surface area contributed by atoms with Gasteiger partial charge in [0, 0.05) is 23.2 Å². The molecule has 0 aromatic heterocycles. The zero-order valence-electron chi connectivity index (χ0n) is 16.8. The predicted octanol–water partition coefficient (Wildman–Crippen LogP) is 0.883. The van der Waals surface area contributed by atoms with Gasteiger partial charge in [-0.05, 0) is 26.7 Å². The molecule has 0 saturated carbocycles. The van der Waals surface area contributed by atoms with E-state index in [1.54, 1.807) is 30.6 Å². The summed E-state index contributed by atoms with van der Waals surface area (Å²) in [6, 6.07) is -1.16. The van der Waals surface area contributed by atoms with E-state index in [0.717, 1.165) is 12.8 Å². The van der Waals surface area contributed by atoms with E-state index < -0.39 is 28.7 Å². The summed E-state index contributed by atoms with van der Waals surface area (Å²) in [5, 5.41) is 15.5. The summed E-state index contributed by atoms with van der Waals surface area (Å²) < 4.78 is -0.646. The molecule has 8 atom stereocenters. The predicted molar refractivity (Wildman–Crippen MR) is 112 cm³/mol. The van der Waals surface area contributed by atoms with Gasteiger partial charge >= 0.3 is 0 Å². The number of nitrogens with zero attached hydrogens (tertiary/aromatic N) is 1. The van der Waals surface area contributed by atoms with Crippen molar-refractivity contribution in [2.45, 2.75) is 73.0 Å². The van der Waals surface area contributed by atoms with E-state index >= 15 is 0 Å². The third-order valence-electron chi connectivity index (χ3n) is 6.37. The molecule has 0 aromatic rings. The molecular weight excluding hydrogens is 446 g/mol. The molecule has 2 bridgehead atoms. The van der Waals surface area contributed by atoms with Crippen molar-refractivity contribution >= 4 is 45.4 Å². The fourth-order valence-corrected chi connectivity index (χ4v) is 8.82. The number of rotatable bonds is 7. The van der Waals surface area contributed by atoms with Crippen molar-refractivity contribution in [1.82, 2.24) is 15.5 Å². The van der Waals surface area contributed by atoms with Gasteiger partial charge in [-0.15, -0.1) is 11.8 Å². The fourth-order valence-electron chi connectivity index (χ4n) is 5.22. The van der Waals surface area contributed by atoms with Gasteiger partial charge in [0.15, 0.2) is 0 Å². The minimum atomic E-state index is -0.684. The van der Waals surface area contributed by atoms with Gasteiger partial charge < -0.3 is 20.6 Å². The second-order valence-electron chi connectivity index (χ2n) is 8.25. The monoisotopic (exact) mass is 475 g/mol. The first-order valence-corrected chi connectivity index (χ1v) is 11.8. The Kier molecular flexibility index (Phi) is 6.37. The highest BCUT2D eigenvalue weighted by Crippen LogP contribution is 2.67. The van der Waals surface area contributed by atoms with Crippen LogP contribution in [0.3, 0.4) is 0 Å². The van der Waals surface area contributed by atoms with Gasteiger partial charge in [-0.2, -0.15) is 0 Å². The molecule has 4 unspecified atom stereocenters. The normalized spacial score (nSPS) is 38.3. The molecular formula is C19H30BrN3O4S. The first-order valence-electron chi connectivity index (χ1n) is 10.00. The number of hydrogen-bond acceptors (Lipinski definition) is 5. The molecule has 9 heteroatoms. The number of aliphatic hydroxyl groups excluding tert-OH is 1. The van der Waals surface area contributed by atoms with E-state index in [1.807, 2.05) is 6.92 Å². The maximum atomic E-state index is 13.5. The van der Waals surface area contributed by atoms with Crippen LogP contribution < -0.4 is 10.6 Å². The Hall–Kier alpha value is -0.800. The van der Waals surface area contributed by atoms with Crippen molar-refractivity contribution in [2.75, 3.05) is 13.7 Å². The van der Waals surface area contributed by atoms with Gasteiger partial charge in [-0.25, -0.2) is 0 Å². The summed E-state index contributed by atoms with van der Waals surface area (Å²) >= 11 is 5.31. The first kappa shape index (κ1) is 21.9. The topological polar surface area (TPSA) is 98.7 Å². The smallest absolute Gasteiger partial charge is 0.244 e. The van der Waals surface area contributed by atoms with Crippen molar-refractivity contribution < 1.29 is 19.5 Å². The molecule has 3 heterocycles. The fraction of sp³-hybridized carbons (Fsp3) is 0.842. The van der Waals surface area contributed by atoms with Crippen molar-refractivity contribution in [3.63, 3.8) is 0 Å². The molecule has 3 aliphatic heterocycles. The van der Waals surface area contributed by atoms with Gasteiger partial charge in [-0.3, -0.25) is 14.4 Å². The quantitative estimate of drug-likeness (QED) is 0.474. The Balaban J connectivity index is 2.02. The Labute approximate surface area is 178 Å². The Morgan fingerprint density at radius 3 is 2.64 bits per heavy atom. The molecule has 3 saturated heterocycles. The highest BCUT2D eigenvalue weighted by molar-refractivity contribution is 9.09. The number of carbonyl (C=O) groups excluding carboxylic acids is 3. The number of aliphatic hydroxyl groups is 1. The van der Waals surface area contributed by atoms with Gasteiger partial charge in [0.2, 0.25) is 17.7 Å². The number of amides is 3. The van der Waals surface area contributed by atoms with Crippen LogP contribution in [0.1, 0.15) is 40.0 Å². The van der Waals surface area contributed by atoms with Crippen molar-refractivity contribution in [2.24, 2.45) is 11.8 Å². The number of fused-ring (bicyclic) bond motifs is 1. The van der Waals surface area contributed by atoms with Crippen molar-refractivity contribution in [1.29, 1.82) is 0 Å². The van der Waals surface area contributed by atoms with Gasteiger partial charge in [0.25, 0.3) is 0 Å². The van der Waals surface area contributed by atoms with Crippen molar-refractivity contribution in [3.05, 3.63) is 0 Å². The molecule has 0 radical (unpaired) electrons. The van der Waals surface area contributed by atoms with E-state index in [0.29, 0.717) is 6.42 Å². The summed E-state index contributed by atoms with van der Waals surface area (Å²) in [5.41, 5.74) is 0. The minimum Gasteiger partial charge on any atom is -0.394 e. The molecule has 28 heavy (non-hydrogen) atoms. The van der Waals surface area contributed by atoms with Crippen molar-refractivity contribution in [3.8, 4) is 0 Å². The molecule has 3 amide bonds. The number of carbonyl (C=O) groups is 3. The average Bonchev–Trinajstić information content (AvgIpc) is 3.24. The zero-order valence-corrected chi connectivity index (χ0v) is 19.2. The van der Waals surface area contributed by atoms with Crippen LogP contribution in [0.15, 0.2) is 0 Å². The number of nitrogens with one attached hydrogen (secondary N) is 2. The Bertz CT molecular complexity index is 665. The number of thioether (sulfide) groups is 1. The molecule has 0 aliphatic carbocycles. The van der Waals surface area contributed by atoms with Crippen LogP contribution in [0.2, 0.25) is 0 Å². The van der Waals surface area contributed by atoms with Crippen LogP contribution in [0.25, 0.3) is 0 Å². The lowest BCUT2D eigenvalue weighted by Crippen LogP contribution is -2.57. The summed E-state index contributed by atoms with van der Waals surface area (Å²) in [7, 11) is 1.58. The van der Waals surface area contributed by atoms with Gasteiger partial charge in [-0.1, -0.05) is 29.3 Å². The highest BCUT2D eigenvalue weighted by Gasteiger charge is 2.75.